The zero-order valence-electron chi connectivity index (χ0n) is 13.5. The van der Waals surface area contributed by atoms with Crippen LogP contribution in [0.5, 0.6) is 0 Å². The Bertz CT molecular complexity index is 815. The number of likely N-dealkylation sites (tertiary alicyclic amines) is 1. The van der Waals surface area contributed by atoms with Gasteiger partial charge in [0.05, 0.1) is 5.69 Å². The zero-order chi connectivity index (χ0) is 17.4. The summed E-state index contributed by atoms with van der Waals surface area (Å²) < 4.78 is 16.0. The van der Waals surface area contributed by atoms with Gasteiger partial charge in [-0.15, -0.1) is 0 Å². The Labute approximate surface area is 138 Å². The highest BCUT2D eigenvalue weighted by molar-refractivity contribution is 5.97. The van der Waals surface area contributed by atoms with Crippen LogP contribution in [0.2, 0.25) is 0 Å². The van der Waals surface area contributed by atoms with E-state index in [1.165, 1.54) is 21.7 Å². The van der Waals surface area contributed by atoms with Gasteiger partial charge in [-0.3, -0.25) is 4.79 Å². The van der Waals surface area contributed by atoms with E-state index in [9.17, 15) is 19.1 Å². The predicted molar refractivity (Wildman–Crippen MR) is 84.7 cm³/mol. The molecule has 1 amide bonds. The molecule has 1 aromatic carbocycles. The van der Waals surface area contributed by atoms with Crippen LogP contribution in [0.4, 0.5) is 4.39 Å². The van der Waals surface area contributed by atoms with Crippen molar-refractivity contribution in [1.29, 1.82) is 0 Å². The Morgan fingerprint density at radius 3 is 2.62 bits per heavy atom. The summed E-state index contributed by atoms with van der Waals surface area (Å²) >= 11 is 0. The molecule has 1 atom stereocenters. The summed E-state index contributed by atoms with van der Waals surface area (Å²) in [6.07, 6.45) is 1.06. The van der Waals surface area contributed by atoms with Crippen LogP contribution in [0, 0.1) is 19.7 Å². The number of aromatic nitrogens is 2. The minimum Gasteiger partial charge on any atom is -0.480 e. The third-order valence-electron chi connectivity index (χ3n) is 4.23. The van der Waals surface area contributed by atoms with Crippen molar-refractivity contribution in [3.63, 3.8) is 0 Å². The maximum atomic E-state index is 14.5. The lowest BCUT2D eigenvalue weighted by Gasteiger charge is -2.21. The first-order valence-electron chi connectivity index (χ1n) is 7.75. The lowest BCUT2D eigenvalue weighted by molar-refractivity contribution is -0.141. The molecule has 1 saturated heterocycles. The number of carboxylic acid groups (broad SMARTS) is 1. The number of hydrogen-bond acceptors (Lipinski definition) is 3. The number of nitrogens with zero attached hydrogens (tertiary/aromatic N) is 3. The fourth-order valence-electron chi connectivity index (χ4n) is 3.12. The number of carbonyl (C=O) groups excluding carboxylic acids is 1. The molecule has 1 unspecified atom stereocenters. The van der Waals surface area contributed by atoms with Crippen LogP contribution in [0.1, 0.15) is 34.6 Å². The standard InChI is InChI=1S/C17H18FN3O3/c1-10-8-11(2)21(19-10)14-6-5-12(9-13(14)18)16(22)20-7-3-4-15(20)17(23)24/h5-6,8-9,15H,3-4,7H2,1-2H3,(H,23,24). The topological polar surface area (TPSA) is 75.4 Å². The molecule has 7 heteroatoms. The second-order valence-corrected chi connectivity index (χ2v) is 6.00. The Balaban J connectivity index is 1.91. The van der Waals surface area contributed by atoms with E-state index in [1.807, 2.05) is 19.9 Å². The molecule has 3 rings (SSSR count). The number of carbonyl (C=O) groups is 2. The molecule has 24 heavy (non-hydrogen) atoms. The Morgan fingerprint density at radius 2 is 2.04 bits per heavy atom. The van der Waals surface area contributed by atoms with Gasteiger partial charge in [-0.1, -0.05) is 0 Å². The monoisotopic (exact) mass is 331 g/mol. The summed E-state index contributed by atoms with van der Waals surface area (Å²) in [5.41, 5.74) is 1.96. The van der Waals surface area contributed by atoms with Gasteiger partial charge in [0.15, 0.2) is 0 Å². The van der Waals surface area contributed by atoms with E-state index in [2.05, 4.69) is 5.10 Å². The van der Waals surface area contributed by atoms with Gasteiger partial charge in [-0.25, -0.2) is 13.9 Å². The smallest absolute Gasteiger partial charge is 0.326 e. The molecule has 0 spiro atoms. The van der Waals surface area contributed by atoms with Gasteiger partial charge >= 0.3 is 5.97 Å². The van der Waals surface area contributed by atoms with Gasteiger partial charge in [-0.2, -0.15) is 5.10 Å². The average Bonchev–Trinajstić information content (AvgIpc) is 3.13. The van der Waals surface area contributed by atoms with Crippen LogP contribution in [0.15, 0.2) is 24.3 Å². The number of aryl methyl sites for hydroxylation is 2. The number of hydrogen-bond donors (Lipinski definition) is 1. The fraction of sp³-hybridized carbons (Fsp3) is 0.353. The summed E-state index contributed by atoms with van der Waals surface area (Å²) in [6, 6.07) is 5.14. The second kappa shape index (κ2) is 6.07. The normalized spacial score (nSPS) is 17.3. The molecule has 1 N–H and O–H groups in total. The van der Waals surface area contributed by atoms with E-state index in [1.54, 1.807) is 0 Å². The van der Waals surface area contributed by atoms with Gasteiger partial charge in [0, 0.05) is 17.8 Å². The molecule has 1 fully saturated rings. The molecule has 0 saturated carbocycles. The fourth-order valence-corrected chi connectivity index (χ4v) is 3.12. The summed E-state index contributed by atoms with van der Waals surface area (Å²) in [6.45, 7) is 4.01. The van der Waals surface area contributed by atoms with E-state index in [0.29, 0.717) is 19.4 Å². The minimum absolute atomic E-state index is 0.144. The number of rotatable bonds is 3. The Hall–Kier alpha value is -2.70. The molecule has 0 aliphatic carbocycles. The largest absolute Gasteiger partial charge is 0.480 e. The molecule has 1 aliphatic heterocycles. The molecular formula is C17H18FN3O3. The Kier molecular flexibility index (Phi) is 4.09. The molecule has 1 aromatic heterocycles. The number of carboxylic acids is 1. The first-order chi connectivity index (χ1) is 11.4. The maximum Gasteiger partial charge on any atom is 0.326 e. The summed E-state index contributed by atoms with van der Waals surface area (Å²) in [5.74, 6) is -2.06. The quantitative estimate of drug-likeness (QED) is 0.936. The minimum atomic E-state index is -1.03. The summed E-state index contributed by atoms with van der Waals surface area (Å²) in [4.78, 5) is 25.0. The number of halogens is 1. The molecule has 2 aromatic rings. The molecule has 6 nitrogen and oxygen atoms in total. The maximum absolute atomic E-state index is 14.5. The van der Waals surface area contributed by atoms with Crippen LogP contribution in [0.25, 0.3) is 5.69 Å². The van der Waals surface area contributed by atoms with Crippen molar-refractivity contribution in [2.75, 3.05) is 6.54 Å². The van der Waals surface area contributed by atoms with E-state index < -0.39 is 23.7 Å². The van der Waals surface area contributed by atoms with Gasteiger partial charge in [0.25, 0.3) is 5.91 Å². The average molecular weight is 331 g/mol. The number of amides is 1. The molecule has 0 radical (unpaired) electrons. The number of aliphatic carboxylic acids is 1. The lowest BCUT2D eigenvalue weighted by Crippen LogP contribution is -2.40. The van der Waals surface area contributed by atoms with Crippen molar-refractivity contribution in [1.82, 2.24) is 14.7 Å². The van der Waals surface area contributed by atoms with Crippen LogP contribution in [-0.4, -0.2) is 44.3 Å². The summed E-state index contributed by atoms with van der Waals surface area (Å²) in [7, 11) is 0. The molecule has 1 aliphatic rings. The van der Waals surface area contributed by atoms with Crippen LogP contribution >= 0.6 is 0 Å². The van der Waals surface area contributed by atoms with Gasteiger partial charge < -0.3 is 10.0 Å². The van der Waals surface area contributed by atoms with Gasteiger partial charge in [0.1, 0.15) is 17.5 Å². The van der Waals surface area contributed by atoms with Crippen molar-refractivity contribution < 1.29 is 19.1 Å². The zero-order valence-corrected chi connectivity index (χ0v) is 13.5. The lowest BCUT2D eigenvalue weighted by atomic mass is 10.1. The Morgan fingerprint density at radius 1 is 1.29 bits per heavy atom. The molecular weight excluding hydrogens is 313 g/mol. The van der Waals surface area contributed by atoms with E-state index >= 15 is 0 Å². The van der Waals surface area contributed by atoms with E-state index in [-0.39, 0.29) is 11.3 Å². The third kappa shape index (κ3) is 2.77. The third-order valence-corrected chi connectivity index (χ3v) is 4.23. The van der Waals surface area contributed by atoms with Crippen molar-refractivity contribution in [3.8, 4) is 5.69 Å². The highest BCUT2D eigenvalue weighted by Crippen LogP contribution is 2.23. The second-order valence-electron chi connectivity index (χ2n) is 6.00. The van der Waals surface area contributed by atoms with Crippen molar-refractivity contribution in [2.45, 2.75) is 32.7 Å². The highest BCUT2D eigenvalue weighted by atomic mass is 19.1. The van der Waals surface area contributed by atoms with E-state index in [4.69, 9.17) is 0 Å². The van der Waals surface area contributed by atoms with Gasteiger partial charge in [-0.05, 0) is 51.0 Å². The van der Waals surface area contributed by atoms with Crippen LogP contribution in [-0.2, 0) is 4.79 Å². The first kappa shape index (κ1) is 16.2. The van der Waals surface area contributed by atoms with Crippen LogP contribution < -0.4 is 0 Å². The van der Waals surface area contributed by atoms with Crippen molar-refractivity contribution in [2.24, 2.45) is 0 Å². The molecule has 2 heterocycles. The SMILES string of the molecule is Cc1cc(C)n(-c2ccc(C(=O)N3CCCC3C(=O)O)cc2F)n1. The van der Waals surface area contributed by atoms with Crippen molar-refractivity contribution >= 4 is 11.9 Å². The molecule has 126 valence electrons. The first-order valence-corrected chi connectivity index (χ1v) is 7.75. The number of benzene rings is 1. The van der Waals surface area contributed by atoms with Crippen LogP contribution in [0.3, 0.4) is 0 Å². The molecule has 0 bridgehead atoms. The predicted octanol–water partition coefficient (Wildman–Crippen LogP) is 2.32. The van der Waals surface area contributed by atoms with E-state index in [0.717, 1.165) is 17.5 Å². The van der Waals surface area contributed by atoms with Gasteiger partial charge in [0.2, 0.25) is 0 Å². The van der Waals surface area contributed by atoms with Crippen molar-refractivity contribution in [3.05, 3.63) is 47.0 Å². The highest BCUT2D eigenvalue weighted by Gasteiger charge is 2.34. The summed E-state index contributed by atoms with van der Waals surface area (Å²) in [5, 5.41) is 13.4.